The summed E-state index contributed by atoms with van der Waals surface area (Å²) in [5, 5.41) is 31.5. The van der Waals surface area contributed by atoms with E-state index in [1.807, 2.05) is 6.08 Å². The van der Waals surface area contributed by atoms with Gasteiger partial charge in [-0.25, -0.2) is 9.59 Å². The molecule has 3 atom stereocenters. The van der Waals surface area contributed by atoms with Crippen molar-refractivity contribution in [3.8, 4) is 0 Å². The molecule has 0 bridgehead atoms. The molecule has 0 aromatic carbocycles. The second-order valence-corrected chi connectivity index (χ2v) is 6.91. The van der Waals surface area contributed by atoms with Crippen LogP contribution < -0.4 is 5.11 Å². The lowest BCUT2D eigenvalue weighted by atomic mass is 9.95. The first-order valence-corrected chi connectivity index (χ1v) is 9.92. The van der Waals surface area contributed by atoms with Crippen molar-refractivity contribution in [1.82, 2.24) is 0 Å². The first-order valence-electron chi connectivity index (χ1n) is 9.92. The Hall–Kier alpha value is -1.89. The number of carboxylic acid groups (broad SMARTS) is 3. The molecule has 7 heteroatoms. The Morgan fingerprint density at radius 1 is 0.852 bits per heavy atom. The predicted molar refractivity (Wildman–Crippen MR) is 101 cm³/mol. The molecule has 2 N–H and O–H groups in total. The van der Waals surface area contributed by atoms with E-state index in [-0.39, 0.29) is 25.8 Å². The second-order valence-electron chi connectivity index (χ2n) is 6.91. The number of carbonyl (C=O) groups is 3. The van der Waals surface area contributed by atoms with Gasteiger partial charge in [-0.2, -0.15) is 0 Å². The summed E-state index contributed by atoms with van der Waals surface area (Å²) < 4.78 is -0.555. The van der Waals surface area contributed by atoms with Crippen LogP contribution in [0.25, 0.3) is 0 Å². The molecule has 0 saturated carbocycles. The fourth-order valence-electron chi connectivity index (χ4n) is 4.06. The number of quaternary nitrogens is 1. The summed E-state index contributed by atoms with van der Waals surface area (Å²) in [4.78, 5) is 35.9. The molecule has 3 unspecified atom stereocenters. The van der Waals surface area contributed by atoms with Crippen LogP contribution in [0.2, 0.25) is 0 Å². The average molecular weight is 386 g/mol. The maximum atomic E-state index is 12.0. The number of rotatable bonds is 15. The Kier molecular flexibility index (Phi) is 11.6. The van der Waals surface area contributed by atoms with E-state index in [0.717, 1.165) is 25.7 Å². The van der Waals surface area contributed by atoms with E-state index < -0.39 is 40.5 Å². The highest BCUT2D eigenvalue weighted by Gasteiger charge is 2.53. The van der Waals surface area contributed by atoms with Gasteiger partial charge in [0.1, 0.15) is 6.04 Å². The van der Waals surface area contributed by atoms with E-state index in [1.54, 1.807) is 26.8 Å². The molecule has 0 aliphatic heterocycles. The molecule has 7 nitrogen and oxygen atoms in total. The second kappa shape index (κ2) is 12.5. The smallest absolute Gasteiger partial charge is 0.362 e. The zero-order valence-corrected chi connectivity index (χ0v) is 17.0. The number of aliphatic carboxylic acids is 3. The van der Waals surface area contributed by atoms with Crippen molar-refractivity contribution >= 4 is 17.9 Å². The number of hydrogen-bond donors (Lipinski definition) is 2. The molecular weight excluding hydrogens is 350 g/mol. The molecule has 0 fully saturated rings. The summed E-state index contributed by atoms with van der Waals surface area (Å²) in [6, 6.07) is -3.50. The lowest BCUT2D eigenvalue weighted by molar-refractivity contribution is -0.969. The van der Waals surface area contributed by atoms with Crippen LogP contribution in [0, 0.1) is 0 Å². The highest BCUT2D eigenvalue weighted by molar-refractivity contribution is 5.77. The van der Waals surface area contributed by atoms with Crippen LogP contribution in [-0.2, 0) is 14.4 Å². The number of carbonyl (C=O) groups excluding carboxylic acids is 1. The monoisotopic (exact) mass is 385 g/mol. The highest BCUT2D eigenvalue weighted by Crippen LogP contribution is 2.31. The van der Waals surface area contributed by atoms with Gasteiger partial charge in [-0.1, -0.05) is 46.6 Å². The number of hydrogen-bond acceptors (Lipinski definition) is 4. The maximum Gasteiger partial charge on any atom is 0.362 e. The molecule has 0 radical (unpaired) electrons. The normalized spacial score (nSPS) is 17.2. The molecule has 0 aliphatic carbocycles. The Labute approximate surface area is 162 Å². The Morgan fingerprint density at radius 3 is 1.67 bits per heavy atom. The van der Waals surface area contributed by atoms with Gasteiger partial charge in [-0.05, 0) is 18.9 Å². The first kappa shape index (κ1) is 25.1. The Bertz CT molecular complexity index is 462. The fraction of sp³-hybridized carbons (Fsp3) is 0.750. The maximum absolute atomic E-state index is 12.0. The van der Waals surface area contributed by atoms with Gasteiger partial charge < -0.3 is 20.1 Å². The predicted octanol–water partition coefficient (Wildman–Crippen LogP) is 2.19. The largest absolute Gasteiger partial charge is 0.544 e. The van der Waals surface area contributed by atoms with Crippen molar-refractivity contribution in [3.05, 3.63) is 12.2 Å². The van der Waals surface area contributed by atoms with Gasteiger partial charge in [0.25, 0.3) is 0 Å². The molecule has 0 saturated heterocycles. The average Bonchev–Trinajstić information content (AvgIpc) is 2.58. The van der Waals surface area contributed by atoms with Crippen LogP contribution in [0.5, 0.6) is 0 Å². The van der Waals surface area contributed by atoms with Crippen LogP contribution in [0.15, 0.2) is 12.2 Å². The molecule has 0 aliphatic rings. The number of nitrogens with zero attached hydrogens (tertiary/aromatic N) is 1. The topological polar surface area (TPSA) is 115 Å². The van der Waals surface area contributed by atoms with Crippen molar-refractivity contribution in [1.29, 1.82) is 0 Å². The van der Waals surface area contributed by atoms with E-state index in [2.05, 4.69) is 6.92 Å². The molecule has 0 spiro atoms. The molecule has 0 aromatic heterocycles. The van der Waals surface area contributed by atoms with Crippen molar-refractivity contribution < 1.29 is 34.2 Å². The Balaban J connectivity index is 6.25. The van der Waals surface area contributed by atoms with E-state index >= 15 is 0 Å². The third kappa shape index (κ3) is 6.34. The zero-order valence-electron chi connectivity index (χ0n) is 17.0. The van der Waals surface area contributed by atoms with Crippen LogP contribution >= 0.6 is 0 Å². The van der Waals surface area contributed by atoms with Crippen molar-refractivity contribution in [3.63, 3.8) is 0 Å². The molecule has 27 heavy (non-hydrogen) atoms. The number of allylic oxidation sites excluding steroid dienone is 1. The van der Waals surface area contributed by atoms with E-state index in [0.29, 0.717) is 0 Å². The van der Waals surface area contributed by atoms with Crippen LogP contribution in [0.1, 0.15) is 72.6 Å². The Morgan fingerprint density at radius 2 is 1.33 bits per heavy atom. The van der Waals surface area contributed by atoms with Gasteiger partial charge in [0.2, 0.25) is 0 Å². The quantitative estimate of drug-likeness (QED) is 0.254. The minimum atomic E-state index is -1.41. The summed E-state index contributed by atoms with van der Waals surface area (Å²) in [5.41, 5.74) is 0. The third-order valence-corrected chi connectivity index (χ3v) is 5.31. The molecule has 0 rings (SSSR count). The molecule has 0 amide bonds. The molecular formula is C20H35NO6. The van der Waals surface area contributed by atoms with Crippen LogP contribution in [-0.4, -0.2) is 57.3 Å². The van der Waals surface area contributed by atoms with Crippen LogP contribution in [0.4, 0.5) is 0 Å². The van der Waals surface area contributed by atoms with Gasteiger partial charge in [0.05, 0.1) is 12.5 Å². The standard InChI is InChI=1S/C20H35NO6/c1-5-9-10-11-12-13-14-21(15(6-2)18(22)23,16(7-3)19(24)25)17(8-4)20(26)27/h12-13,15-17H,5-11,14H2,1-4H3,(H2-,22,23,24,25,26,27)/b13-12+. The zero-order chi connectivity index (χ0) is 21.0. The van der Waals surface area contributed by atoms with E-state index in [4.69, 9.17) is 0 Å². The summed E-state index contributed by atoms with van der Waals surface area (Å²) in [7, 11) is 0. The molecule has 0 aromatic rings. The number of unbranched alkanes of at least 4 members (excludes halogenated alkanes) is 3. The van der Waals surface area contributed by atoms with E-state index in [1.165, 1.54) is 0 Å². The van der Waals surface area contributed by atoms with Gasteiger partial charge in [0, 0.05) is 19.3 Å². The third-order valence-electron chi connectivity index (χ3n) is 5.31. The minimum Gasteiger partial charge on any atom is -0.544 e. The molecule has 0 heterocycles. The number of carboxylic acids is 3. The van der Waals surface area contributed by atoms with E-state index in [9.17, 15) is 29.7 Å². The first-order chi connectivity index (χ1) is 12.7. The lowest BCUT2D eigenvalue weighted by Gasteiger charge is -2.51. The summed E-state index contributed by atoms with van der Waals surface area (Å²) >= 11 is 0. The van der Waals surface area contributed by atoms with Crippen LogP contribution in [0.3, 0.4) is 0 Å². The fourth-order valence-corrected chi connectivity index (χ4v) is 4.06. The summed E-state index contributed by atoms with van der Waals surface area (Å²) in [6.45, 7) is 7.05. The lowest BCUT2D eigenvalue weighted by Crippen LogP contribution is -2.73. The molecule has 156 valence electrons. The SMILES string of the molecule is CCCCC/C=C/C[N+](C(CC)C(=O)[O-])(C(CC)C(=O)O)C(CC)C(=O)O. The van der Waals surface area contributed by atoms with Gasteiger partial charge >= 0.3 is 11.9 Å². The highest BCUT2D eigenvalue weighted by atomic mass is 16.4. The van der Waals surface area contributed by atoms with Crippen molar-refractivity contribution in [2.45, 2.75) is 90.8 Å². The minimum absolute atomic E-state index is 0.0359. The van der Waals surface area contributed by atoms with Gasteiger partial charge in [-0.15, -0.1) is 0 Å². The van der Waals surface area contributed by atoms with Crippen molar-refractivity contribution in [2.75, 3.05) is 6.54 Å². The summed E-state index contributed by atoms with van der Waals surface area (Å²) in [6.07, 6.45) is 7.93. The van der Waals surface area contributed by atoms with Crippen molar-refractivity contribution in [2.24, 2.45) is 0 Å². The van der Waals surface area contributed by atoms with Gasteiger partial charge in [0.15, 0.2) is 12.1 Å². The van der Waals surface area contributed by atoms with Gasteiger partial charge in [-0.3, -0.25) is 4.48 Å². The summed E-state index contributed by atoms with van der Waals surface area (Å²) in [5.74, 6) is -3.77.